The normalized spacial score (nSPS) is 11.9. The van der Waals surface area contributed by atoms with Crippen LogP contribution in [0.4, 0.5) is 5.69 Å². The van der Waals surface area contributed by atoms with E-state index in [-0.39, 0.29) is 5.41 Å². The summed E-state index contributed by atoms with van der Waals surface area (Å²) in [6.07, 6.45) is 3.82. The van der Waals surface area contributed by atoms with Crippen molar-refractivity contribution in [2.45, 2.75) is 52.6 Å². The van der Waals surface area contributed by atoms with E-state index in [9.17, 15) is 0 Å². The summed E-state index contributed by atoms with van der Waals surface area (Å²) in [5.41, 5.74) is 3.92. The summed E-state index contributed by atoms with van der Waals surface area (Å²) in [7, 11) is 0. The van der Waals surface area contributed by atoms with E-state index in [0.717, 1.165) is 12.2 Å². The highest BCUT2D eigenvalue weighted by atomic mass is 15.1. The second kappa shape index (κ2) is 5.70. The van der Waals surface area contributed by atoms with Gasteiger partial charge >= 0.3 is 0 Å². The molecule has 1 N–H and O–H groups in total. The zero-order valence-corrected chi connectivity index (χ0v) is 13.1. The summed E-state index contributed by atoms with van der Waals surface area (Å²) in [6, 6.07) is 9.13. The largest absolute Gasteiger partial charge is 0.379 e. The van der Waals surface area contributed by atoms with E-state index in [0.29, 0.717) is 6.04 Å². The Balaban J connectivity index is 2.02. The van der Waals surface area contributed by atoms with Crippen molar-refractivity contribution in [1.29, 1.82) is 0 Å². The first kappa shape index (κ1) is 14.6. The van der Waals surface area contributed by atoms with Crippen LogP contribution in [0.2, 0.25) is 0 Å². The molecule has 108 valence electrons. The van der Waals surface area contributed by atoms with E-state index in [1.54, 1.807) is 0 Å². The van der Waals surface area contributed by atoms with Gasteiger partial charge in [0, 0.05) is 17.9 Å². The van der Waals surface area contributed by atoms with Gasteiger partial charge in [-0.2, -0.15) is 0 Å². The number of nitrogens with zero attached hydrogens (tertiary/aromatic N) is 2. The van der Waals surface area contributed by atoms with Gasteiger partial charge in [-0.1, -0.05) is 32.9 Å². The molecule has 0 spiro atoms. The van der Waals surface area contributed by atoms with Gasteiger partial charge < -0.3 is 9.88 Å². The zero-order chi connectivity index (χ0) is 14.8. The molecule has 1 aromatic carbocycles. The van der Waals surface area contributed by atoms with Crippen LogP contribution < -0.4 is 5.32 Å². The van der Waals surface area contributed by atoms with Crippen LogP contribution in [0, 0.1) is 0 Å². The van der Waals surface area contributed by atoms with Gasteiger partial charge in [-0.15, -0.1) is 0 Å². The fourth-order valence-corrected chi connectivity index (χ4v) is 2.21. The standard InChI is InChI=1S/C17H25N3/c1-13(2)20-12-18-10-16(20)11-19-15-8-6-14(7-9-15)17(3,4)5/h6-10,12-13,19H,11H2,1-5H3. The molecule has 3 heteroatoms. The molecular formula is C17H25N3. The molecule has 0 atom stereocenters. The predicted molar refractivity (Wildman–Crippen MR) is 85.1 cm³/mol. The first-order valence-electron chi connectivity index (χ1n) is 7.23. The number of hydrogen-bond acceptors (Lipinski definition) is 2. The highest BCUT2D eigenvalue weighted by molar-refractivity contribution is 5.46. The summed E-state index contributed by atoms with van der Waals surface area (Å²) >= 11 is 0. The molecule has 0 radical (unpaired) electrons. The lowest BCUT2D eigenvalue weighted by molar-refractivity contribution is 0.577. The summed E-state index contributed by atoms with van der Waals surface area (Å²) < 4.78 is 2.19. The van der Waals surface area contributed by atoms with Gasteiger partial charge in [0.2, 0.25) is 0 Å². The molecule has 2 rings (SSSR count). The quantitative estimate of drug-likeness (QED) is 0.894. The van der Waals surface area contributed by atoms with Gasteiger partial charge in [-0.25, -0.2) is 4.98 Å². The van der Waals surface area contributed by atoms with Crippen LogP contribution in [-0.4, -0.2) is 9.55 Å². The third-order valence-electron chi connectivity index (χ3n) is 3.53. The van der Waals surface area contributed by atoms with Gasteiger partial charge in [-0.05, 0) is 37.0 Å². The number of imidazole rings is 1. The van der Waals surface area contributed by atoms with Crippen molar-refractivity contribution < 1.29 is 0 Å². The smallest absolute Gasteiger partial charge is 0.0951 e. The number of rotatable bonds is 4. The van der Waals surface area contributed by atoms with Crippen molar-refractivity contribution in [3.63, 3.8) is 0 Å². The van der Waals surface area contributed by atoms with E-state index in [1.807, 2.05) is 12.5 Å². The van der Waals surface area contributed by atoms with Crippen molar-refractivity contribution in [2.24, 2.45) is 0 Å². The van der Waals surface area contributed by atoms with E-state index >= 15 is 0 Å². The van der Waals surface area contributed by atoms with Crippen molar-refractivity contribution in [2.75, 3.05) is 5.32 Å². The molecule has 0 bridgehead atoms. The average Bonchev–Trinajstić information content (AvgIpc) is 2.84. The predicted octanol–water partition coefficient (Wildman–Crippen LogP) is 4.37. The summed E-state index contributed by atoms with van der Waals surface area (Å²) in [5.74, 6) is 0. The maximum absolute atomic E-state index is 4.23. The van der Waals surface area contributed by atoms with Gasteiger partial charge in [0.15, 0.2) is 0 Å². The molecule has 1 heterocycles. The molecule has 1 aromatic heterocycles. The molecule has 3 nitrogen and oxygen atoms in total. The number of nitrogens with one attached hydrogen (secondary N) is 1. The van der Waals surface area contributed by atoms with Crippen LogP contribution in [0.5, 0.6) is 0 Å². The molecule has 0 unspecified atom stereocenters. The van der Waals surface area contributed by atoms with Gasteiger partial charge in [-0.3, -0.25) is 0 Å². The first-order valence-corrected chi connectivity index (χ1v) is 7.23. The minimum atomic E-state index is 0.203. The molecule has 0 amide bonds. The molecule has 2 aromatic rings. The Morgan fingerprint density at radius 2 is 1.80 bits per heavy atom. The minimum absolute atomic E-state index is 0.203. The Morgan fingerprint density at radius 1 is 1.15 bits per heavy atom. The van der Waals surface area contributed by atoms with Crippen LogP contribution in [0.25, 0.3) is 0 Å². The average molecular weight is 271 g/mol. The second-order valence-corrected chi connectivity index (χ2v) is 6.57. The van der Waals surface area contributed by atoms with Crippen LogP contribution in [0.15, 0.2) is 36.8 Å². The Bertz CT molecular complexity index is 544. The van der Waals surface area contributed by atoms with E-state index in [2.05, 4.69) is 73.8 Å². The fourth-order valence-electron chi connectivity index (χ4n) is 2.21. The summed E-state index contributed by atoms with van der Waals surface area (Å²) in [4.78, 5) is 4.23. The van der Waals surface area contributed by atoms with Crippen LogP contribution in [0.1, 0.15) is 51.9 Å². The van der Waals surface area contributed by atoms with Gasteiger partial charge in [0.1, 0.15) is 0 Å². The molecular weight excluding hydrogens is 246 g/mol. The van der Waals surface area contributed by atoms with Gasteiger partial charge in [0.25, 0.3) is 0 Å². The Kier molecular flexibility index (Phi) is 4.17. The Labute approximate surface area is 122 Å². The number of anilines is 1. The van der Waals surface area contributed by atoms with Crippen molar-refractivity contribution in [3.05, 3.63) is 48.0 Å². The number of aromatic nitrogens is 2. The Hall–Kier alpha value is -1.77. The fraction of sp³-hybridized carbons (Fsp3) is 0.471. The zero-order valence-electron chi connectivity index (χ0n) is 13.1. The third kappa shape index (κ3) is 3.41. The highest BCUT2D eigenvalue weighted by Gasteiger charge is 2.12. The maximum atomic E-state index is 4.23. The third-order valence-corrected chi connectivity index (χ3v) is 3.53. The van der Waals surface area contributed by atoms with Crippen molar-refractivity contribution in [3.8, 4) is 0 Å². The summed E-state index contributed by atoms with van der Waals surface area (Å²) in [5, 5.41) is 3.46. The molecule has 0 aliphatic rings. The minimum Gasteiger partial charge on any atom is -0.379 e. The lowest BCUT2D eigenvalue weighted by Crippen LogP contribution is -2.11. The van der Waals surface area contributed by atoms with E-state index in [1.165, 1.54) is 11.3 Å². The second-order valence-electron chi connectivity index (χ2n) is 6.57. The lowest BCUT2D eigenvalue weighted by Gasteiger charge is -2.19. The maximum Gasteiger partial charge on any atom is 0.0951 e. The van der Waals surface area contributed by atoms with Crippen molar-refractivity contribution in [1.82, 2.24) is 9.55 Å². The summed E-state index contributed by atoms with van der Waals surface area (Å²) in [6.45, 7) is 11.8. The monoisotopic (exact) mass is 271 g/mol. The van der Waals surface area contributed by atoms with Crippen molar-refractivity contribution >= 4 is 5.69 Å². The van der Waals surface area contributed by atoms with Gasteiger partial charge in [0.05, 0.1) is 18.6 Å². The molecule has 0 fully saturated rings. The van der Waals surface area contributed by atoms with Crippen LogP contribution in [0.3, 0.4) is 0 Å². The first-order chi connectivity index (χ1) is 9.38. The van der Waals surface area contributed by atoms with Crippen LogP contribution in [-0.2, 0) is 12.0 Å². The van der Waals surface area contributed by atoms with E-state index in [4.69, 9.17) is 0 Å². The van der Waals surface area contributed by atoms with E-state index < -0.39 is 0 Å². The molecule has 0 saturated heterocycles. The Morgan fingerprint density at radius 3 is 2.35 bits per heavy atom. The molecule has 0 saturated carbocycles. The molecule has 20 heavy (non-hydrogen) atoms. The molecule has 0 aliphatic carbocycles. The number of hydrogen-bond donors (Lipinski definition) is 1. The SMILES string of the molecule is CC(C)n1cncc1CNc1ccc(C(C)(C)C)cc1. The lowest BCUT2D eigenvalue weighted by atomic mass is 9.87. The molecule has 0 aliphatic heterocycles. The van der Waals surface area contributed by atoms with Crippen LogP contribution >= 0.6 is 0 Å². The number of benzene rings is 1. The highest BCUT2D eigenvalue weighted by Crippen LogP contribution is 2.23. The topological polar surface area (TPSA) is 29.9 Å².